The Morgan fingerprint density at radius 1 is 1.07 bits per heavy atom. The van der Waals surface area contributed by atoms with Crippen LogP contribution in [0, 0.1) is 6.92 Å². The van der Waals surface area contributed by atoms with Crippen LogP contribution in [-0.2, 0) is 9.59 Å². The molecule has 0 aliphatic rings. The van der Waals surface area contributed by atoms with Crippen LogP contribution in [0.5, 0.6) is 5.75 Å². The monoisotopic (exact) mass is 404 g/mol. The van der Waals surface area contributed by atoms with Crippen molar-refractivity contribution in [1.82, 2.24) is 5.32 Å². The second-order valence-electron chi connectivity index (χ2n) is 7.13. The SMILES string of the molecule is Cc1ccc(C(C)C)c(OC(=O)CC(NC(=O)C(C)N)c2ccccc2)c1.Cl. The van der Waals surface area contributed by atoms with Gasteiger partial charge in [0.1, 0.15) is 5.75 Å². The van der Waals surface area contributed by atoms with Crippen molar-refractivity contribution in [1.29, 1.82) is 0 Å². The van der Waals surface area contributed by atoms with Gasteiger partial charge in [-0.3, -0.25) is 9.59 Å². The number of carbonyl (C=O) groups is 2. The second-order valence-corrected chi connectivity index (χ2v) is 7.13. The van der Waals surface area contributed by atoms with Crippen molar-refractivity contribution in [2.75, 3.05) is 0 Å². The molecule has 152 valence electrons. The van der Waals surface area contributed by atoms with Crippen LogP contribution in [0.15, 0.2) is 48.5 Å². The fourth-order valence-corrected chi connectivity index (χ4v) is 2.78. The second kappa shape index (κ2) is 10.8. The van der Waals surface area contributed by atoms with E-state index >= 15 is 0 Å². The van der Waals surface area contributed by atoms with E-state index in [1.807, 2.05) is 55.5 Å². The Balaban J connectivity index is 0.00000392. The predicted octanol–water partition coefficient (Wildman–Crippen LogP) is 4.04. The standard InChI is InChI=1S/C22H28N2O3.ClH/c1-14(2)18-11-10-15(3)12-20(18)27-21(25)13-19(24-22(26)16(4)23)17-8-6-5-7-9-17;/h5-12,14,16,19H,13,23H2,1-4H3,(H,24,26);1H. The van der Waals surface area contributed by atoms with Gasteiger partial charge >= 0.3 is 5.97 Å². The van der Waals surface area contributed by atoms with Crippen LogP contribution in [-0.4, -0.2) is 17.9 Å². The molecule has 0 saturated heterocycles. The van der Waals surface area contributed by atoms with E-state index in [0.717, 1.165) is 16.7 Å². The Hall–Kier alpha value is -2.37. The third kappa shape index (κ3) is 6.66. The molecular formula is C22H29ClN2O3. The number of aryl methyl sites for hydroxylation is 1. The summed E-state index contributed by atoms with van der Waals surface area (Å²) >= 11 is 0. The highest BCUT2D eigenvalue weighted by molar-refractivity contribution is 5.85. The molecule has 2 atom stereocenters. The van der Waals surface area contributed by atoms with Gasteiger partial charge in [0.05, 0.1) is 18.5 Å². The van der Waals surface area contributed by atoms with Gasteiger partial charge < -0.3 is 15.8 Å². The first kappa shape index (κ1) is 23.7. The van der Waals surface area contributed by atoms with Crippen LogP contribution in [0.2, 0.25) is 0 Å². The maximum atomic E-state index is 12.6. The third-order valence-corrected chi connectivity index (χ3v) is 4.32. The lowest BCUT2D eigenvalue weighted by Crippen LogP contribution is -2.41. The molecule has 0 radical (unpaired) electrons. The zero-order valence-corrected chi connectivity index (χ0v) is 17.6. The lowest BCUT2D eigenvalue weighted by atomic mass is 10.0. The van der Waals surface area contributed by atoms with Gasteiger partial charge in [-0.2, -0.15) is 0 Å². The maximum Gasteiger partial charge on any atom is 0.313 e. The van der Waals surface area contributed by atoms with Gasteiger partial charge in [0.2, 0.25) is 5.91 Å². The van der Waals surface area contributed by atoms with E-state index in [1.165, 1.54) is 0 Å². The number of halogens is 1. The summed E-state index contributed by atoms with van der Waals surface area (Å²) in [6, 6.07) is 14.0. The Bertz CT molecular complexity index is 792. The molecule has 0 saturated carbocycles. The van der Waals surface area contributed by atoms with Crippen molar-refractivity contribution >= 4 is 24.3 Å². The van der Waals surface area contributed by atoms with E-state index in [0.29, 0.717) is 5.75 Å². The number of rotatable bonds is 7. The van der Waals surface area contributed by atoms with Crippen molar-refractivity contribution in [2.24, 2.45) is 5.73 Å². The van der Waals surface area contributed by atoms with Gasteiger partial charge in [-0.05, 0) is 42.5 Å². The lowest BCUT2D eigenvalue weighted by molar-refractivity contribution is -0.135. The average molecular weight is 405 g/mol. The summed E-state index contributed by atoms with van der Waals surface area (Å²) in [6.07, 6.45) is 0.0218. The molecule has 0 aliphatic heterocycles. The molecule has 2 unspecified atom stereocenters. The van der Waals surface area contributed by atoms with Gasteiger partial charge in [-0.15, -0.1) is 12.4 Å². The van der Waals surface area contributed by atoms with Gasteiger partial charge in [-0.1, -0.05) is 56.3 Å². The molecule has 0 spiro atoms. The zero-order valence-electron chi connectivity index (χ0n) is 16.8. The summed E-state index contributed by atoms with van der Waals surface area (Å²) < 4.78 is 5.66. The largest absolute Gasteiger partial charge is 0.426 e. The lowest BCUT2D eigenvalue weighted by Gasteiger charge is -2.20. The van der Waals surface area contributed by atoms with E-state index in [9.17, 15) is 9.59 Å². The number of nitrogens with one attached hydrogen (secondary N) is 1. The van der Waals surface area contributed by atoms with Crippen molar-refractivity contribution in [3.8, 4) is 5.75 Å². The van der Waals surface area contributed by atoms with Gasteiger partial charge in [0.15, 0.2) is 0 Å². The predicted molar refractivity (Wildman–Crippen MR) is 114 cm³/mol. The summed E-state index contributed by atoms with van der Waals surface area (Å²) in [7, 11) is 0. The average Bonchev–Trinajstić information content (AvgIpc) is 2.61. The molecule has 2 rings (SSSR count). The van der Waals surface area contributed by atoms with Gasteiger partial charge in [0.25, 0.3) is 0 Å². The van der Waals surface area contributed by atoms with Crippen LogP contribution in [0.4, 0.5) is 0 Å². The minimum atomic E-state index is -0.656. The normalized spacial score (nSPS) is 12.6. The van der Waals surface area contributed by atoms with E-state index in [-0.39, 0.29) is 30.7 Å². The molecular weight excluding hydrogens is 376 g/mol. The molecule has 5 nitrogen and oxygen atoms in total. The number of amides is 1. The molecule has 6 heteroatoms. The van der Waals surface area contributed by atoms with Crippen LogP contribution in [0.3, 0.4) is 0 Å². The van der Waals surface area contributed by atoms with Crippen molar-refractivity contribution in [3.63, 3.8) is 0 Å². The van der Waals surface area contributed by atoms with E-state index < -0.39 is 18.1 Å². The molecule has 0 heterocycles. The molecule has 3 N–H and O–H groups in total. The summed E-state index contributed by atoms with van der Waals surface area (Å²) in [5.41, 5.74) is 8.49. The van der Waals surface area contributed by atoms with Crippen molar-refractivity contribution < 1.29 is 14.3 Å². The number of carbonyl (C=O) groups excluding carboxylic acids is 2. The first-order chi connectivity index (χ1) is 12.8. The highest BCUT2D eigenvalue weighted by Crippen LogP contribution is 2.28. The number of esters is 1. The third-order valence-electron chi connectivity index (χ3n) is 4.32. The quantitative estimate of drug-likeness (QED) is 0.539. The Morgan fingerprint density at radius 2 is 1.71 bits per heavy atom. The summed E-state index contributed by atoms with van der Waals surface area (Å²) in [5, 5.41) is 2.83. The highest BCUT2D eigenvalue weighted by Gasteiger charge is 2.22. The topological polar surface area (TPSA) is 81.4 Å². The summed E-state index contributed by atoms with van der Waals surface area (Å²) in [6.45, 7) is 7.67. The number of ether oxygens (including phenoxy) is 1. The van der Waals surface area contributed by atoms with Crippen LogP contribution in [0.1, 0.15) is 55.8 Å². The molecule has 0 aliphatic carbocycles. The highest BCUT2D eigenvalue weighted by atomic mass is 35.5. The molecule has 0 bridgehead atoms. The van der Waals surface area contributed by atoms with Gasteiger partial charge in [-0.25, -0.2) is 0 Å². The van der Waals surface area contributed by atoms with Crippen LogP contribution < -0.4 is 15.8 Å². The first-order valence-electron chi connectivity index (χ1n) is 9.20. The number of hydrogen-bond acceptors (Lipinski definition) is 4. The Morgan fingerprint density at radius 3 is 2.29 bits per heavy atom. The fourth-order valence-electron chi connectivity index (χ4n) is 2.78. The molecule has 0 fully saturated rings. The fraction of sp³-hybridized carbons (Fsp3) is 0.364. The van der Waals surface area contributed by atoms with E-state index in [2.05, 4.69) is 19.2 Å². The zero-order chi connectivity index (χ0) is 20.0. The smallest absolute Gasteiger partial charge is 0.313 e. The molecule has 2 aromatic carbocycles. The minimum absolute atomic E-state index is 0. The summed E-state index contributed by atoms with van der Waals surface area (Å²) in [4.78, 5) is 24.7. The molecule has 1 amide bonds. The van der Waals surface area contributed by atoms with Crippen molar-refractivity contribution in [2.45, 2.75) is 52.1 Å². The van der Waals surface area contributed by atoms with E-state index in [1.54, 1.807) is 6.92 Å². The number of hydrogen-bond donors (Lipinski definition) is 2. The van der Waals surface area contributed by atoms with Crippen LogP contribution in [0.25, 0.3) is 0 Å². The van der Waals surface area contributed by atoms with Gasteiger partial charge in [0, 0.05) is 0 Å². The van der Waals surface area contributed by atoms with Crippen LogP contribution >= 0.6 is 12.4 Å². The number of nitrogens with two attached hydrogens (primary N) is 1. The van der Waals surface area contributed by atoms with Crippen molar-refractivity contribution in [3.05, 3.63) is 65.2 Å². The Kier molecular flexibility index (Phi) is 9.16. The van der Waals surface area contributed by atoms with E-state index in [4.69, 9.17) is 10.5 Å². The summed E-state index contributed by atoms with van der Waals surface area (Å²) in [5.74, 6) is 0.0906. The first-order valence-corrected chi connectivity index (χ1v) is 9.20. The maximum absolute atomic E-state index is 12.6. The Labute approximate surface area is 173 Å². The molecule has 0 aromatic heterocycles. The minimum Gasteiger partial charge on any atom is -0.426 e. The molecule has 2 aromatic rings. The molecule has 28 heavy (non-hydrogen) atoms. The number of benzene rings is 2.